The number of hydrogen-bond acceptors (Lipinski definition) is 4. The first-order chi connectivity index (χ1) is 9.86. The average molecular weight is 306 g/mol. The van der Waals surface area contributed by atoms with Gasteiger partial charge in [-0.1, -0.05) is 13.8 Å². The predicted octanol–water partition coefficient (Wildman–Crippen LogP) is 3.90. The van der Waals surface area contributed by atoms with Gasteiger partial charge in [-0.05, 0) is 48.9 Å². The van der Waals surface area contributed by atoms with Gasteiger partial charge in [0.15, 0.2) is 5.16 Å². The minimum atomic E-state index is -1.09. The first kappa shape index (κ1) is 15.4. The van der Waals surface area contributed by atoms with Crippen LogP contribution in [-0.4, -0.2) is 21.0 Å². The lowest BCUT2D eigenvalue weighted by Gasteiger charge is -2.09. The molecule has 0 spiro atoms. The molecule has 1 aromatic heterocycles. The number of carboxylic acids is 1. The molecule has 0 saturated carbocycles. The summed E-state index contributed by atoms with van der Waals surface area (Å²) < 4.78 is 13.8. The van der Waals surface area contributed by atoms with Gasteiger partial charge in [0, 0.05) is 11.4 Å². The lowest BCUT2D eigenvalue weighted by atomic mass is 10.1. The van der Waals surface area contributed by atoms with Gasteiger partial charge in [-0.25, -0.2) is 19.2 Å². The Kier molecular flexibility index (Phi) is 4.57. The van der Waals surface area contributed by atoms with Crippen LogP contribution in [0.5, 0.6) is 0 Å². The predicted molar refractivity (Wildman–Crippen MR) is 78.3 cm³/mol. The molecule has 1 heterocycles. The van der Waals surface area contributed by atoms with E-state index in [0.29, 0.717) is 5.16 Å². The van der Waals surface area contributed by atoms with Gasteiger partial charge in [-0.15, -0.1) is 0 Å². The highest BCUT2D eigenvalue weighted by Gasteiger charge is 2.13. The van der Waals surface area contributed by atoms with Crippen LogP contribution < -0.4 is 0 Å². The van der Waals surface area contributed by atoms with Crippen LogP contribution in [0.15, 0.2) is 34.3 Å². The Balaban J connectivity index is 2.38. The standard InChI is InChI=1S/C15H15FN2O2S/c1-8(2)12-6-9(3)17-15(18-12)21-13-7-10(14(19)20)4-5-11(13)16/h4-8H,1-3H3,(H,19,20). The molecule has 0 aliphatic rings. The monoisotopic (exact) mass is 306 g/mol. The van der Waals surface area contributed by atoms with E-state index in [2.05, 4.69) is 9.97 Å². The minimum Gasteiger partial charge on any atom is -0.478 e. The van der Waals surface area contributed by atoms with Crippen molar-refractivity contribution < 1.29 is 14.3 Å². The maximum Gasteiger partial charge on any atom is 0.335 e. The number of aryl methyl sites for hydroxylation is 1. The molecular formula is C15H15FN2O2S. The third-order valence-electron chi connectivity index (χ3n) is 2.82. The molecule has 0 radical (unpaired) electrons. The summed E-state index contributed by atoms with van der Waals surface area (Å²) in [5.41, 5.74) is 1.71. The molecule has 0 saturated heterocycles. The molecule has 2 rings (SSSR count). The minimum absolute atomic E-state index is 0.0376. The summed E-state index contributed by atoms with van der Waals surface area (Å²) in [5, 5.41) is 9.38. The molecule has 0 fully saturated rings. The van der Waals surface area contributed by atoms with Crippen molar-refractivity contribution in [2.75, 3.05) is 0 Å². The van der Waals surface area contributed by atoms with Crippen molar-refractivity contribution in [1.82, 2.24) is 9.97 Å². The van der Waals surface area contributed by atoms with Gasteiger partial charge in [-0.3, -0.25) is 0 Å². The Bertz CT molecular complexity index is 689. The zero-order chi connectivity index (χ0) is 15.6. The van der Waals surface area contributed by atoms with Gasteiger partial charge in [0.1, 0.15) is 5.82 Å². The number of benzene rings is 1. The lowest BCUT2D eigenvalue weighted by molar-refractivity contribution is 0.0696. The largest absolute Gasteiger partial charge is 0.478 e. The van der Waals surface area contributed by atoms with E-state index in [9.17, 15) is 9.18 Å². The molecule has 0 atom stereocenters. The molecule has 0 bridgehead atoms. The SMILES string of the molecule is Cc1cc(C(C)C)nc(Sc2cc(C(=O)O)ccc2F)n1. The van der Waals surface area contributed by atoms with E-state index >= 15 is 0 Å². The Morgan fingerprint density at radius 1 is 1.29 bits per heavy atom. The Hall–Kier alpha value is -1.95. The maximum absolute atomic E-state index is 13.8. The number of carbonyl (C=O) groups is 1. The van der Waals surface area contributed by atoms with E-state index in [1.807, 2.05) is 26.8 Å². The zero-order valence-corrected chi connectivity index (χ0v) is 12.7. The molecule has 1 N–H and O–H groups in total. The van der Waals surface area contributed by atoms with Crippen LogP contribution >= 0.6 is 11.8 Å². The van der Waals surface area contributed by atoms with E-state index in [4.69, 9.17) is 5.11 Å². The average Bonchev–Trinajstić information content (AvgIpc) is 2.40. The topological polar surface area (TPSA) is 63.1 Å². The van der Waals surface area contributed by atoms with E-state index in [1.54, 1.807) is 0 Å². The van der Waals surface area contributed by atoms with Crippen molar-refractivity contribution in [2.24, 2.45) is 0 Å². The summed E-state index contributed by atoms with van der Waals surface area (Å²) >= 11 is 1.03. The van der Waals surface area contributed by atoms with Crippen molar-refractivity contribution in [1.29, 1.82) is 0 Å². The number of carboxylic acid groups (broad SMARTS) is 1. The van der Waals surface area contributed by atoms with Crippen molar-refractivity contribution in [3.63, 3.8) is 0 Å². The number of aromatic nitrogens is 2. The highest BCUT2D eigenvalue weighted by atomic mass is 32.2. The third kappa shape index (κ3) is 3.78. The first-order valence-corrected chi connectivity index (χ1v) is 7.24. The maximum atomic E-state index is 13.8. The Labute approximate surface area is 126 Å². The lowest BCUT2D eigenvalue weighted by Crippen LogP contribution is -2.00. The summed E-state index contributed by atoms with van der Waals surface area (Å²) in [6, 6.07) is 5.56. The van der Waals surface area contributed by atoms with E-state index < -0.39 is 11.8 Å². The molecule has 21 heavy (non-hydrogen) atoms. The smallest absolute Gasteiger partial charge is 0.335 e. The summed E-state index contributed by atoms with van der Waals surface area (Å²) in [7, 11) is 0. The van der Waals surface area contributed by atoms with Crippen LogP contribution in [0.25, 0.3) is 0 Å². The van der Waals surface area contributed by atoms with E-state index in [-0.39, 0.29) is 16.4 Å². The van der Waals surface area contributed by atoms with Crippen LogP contribution in [0, 0.1) is 12.7 Å². The van der Waals surface area contributed by atoms with Crippen LogP contribution in [0.4, 0.5) is 4.39 Å². The quantitative estimate of drug-likeness (QED) is 0.868. The zero-order valence-electron chi connectivity index (χ0n) is 11.9. The normalized spacial score (nSPS) is 10.9. The Morgan fingerprint density at radius 3 is 2.62 bits per heavy atom. The van der Waals surface area contributed by atoms with Crippen LogP contribution in [0.2, 0.25) is 0 Å². The molecule has 1 aromatic carbocycles. The molecule has 2 aromatic rings. The number of nitrogens with zero attached hydrogens (tertiary/aromatic N) is 2. The fourth-order valence-corrected chi connectivity index (χ4v) is 2.61. The molecule has 6 heteroatoms. The third-order valence-corrected chi connectivity index (χ3v) is 3.72. The summed E-state index contributed by atoms with van der Waals surface area (Å²) in [6.07, 6.45) is 0. The molecule has 0 amide bonds. The Morgan fingerprint density at radius 2 is 2.00 bits per heavy atom. The van der Waals surface area contributed by atoms with Gasteiger partial charge in [-0.2, -0.15) is 0 Å². The molecule has 0 unspecified atom stereocenters. The number of rotatable bonds is 4. The fraction of sp³-hybridized carbons (Fsp3) is 0.267. The van der Waals surface area contributed by atoms with Crippen LogP contribution in [0.3, 0.4) is 0 Å². The van der Waals surface area contributed by atoms with Crippen molar-refractivity contribution in [2.45, 2.75) is 36.7 Å². The first-order valence-electron chi connectivity index (χ1n) is 6.43. The van der Waals surface area contributed by atoms with E-state index in [0.717, 1.165) is 29.2 Å². The van der Waals surface area contributed by atoms with Crippen molar-refractivity contribution >= 4 is 17.7 Å². The number of hydrogen-bond donors (Lipinski definition) is 1. The molecule has 4 nitrogen and oxygen atoms in total. The summed E-state index contributed by atoms with van der Waals surface area (Å²) in [4.78, 5) is 19.8. The van der Waals surface area contributed by atoms with Gasteiger partial charge < -0.3 is 5.11 Å². The molecule has 110 valence electrons. The highest BCUT2D eigenvalue weighted by Crippen LogP contribution is 2.29. The van der Waals surface area contributed by atoms with Crippen LogP contribution in [-0.2, 0) is 0 Å². The second-order valence-electron chi connectivity index (χ2n) is 4.92. The van der Waals surface area contributed by atoms with Gasteiger partial charge in [0.05, 0.1) is 10.5 Å². The van der Waals surface area contributed by atoms with Crippen molar-refractivity contribution in [3.05, 3.63) is 47.0 Å². The van der Waals surface area contributed by atoms with Gasteiger partial charge in [0.25, 0.3) is 0 Å². The molecule has 0 aliphatic carbocycles. The number of halogens is 1. The highest BCUT2D eigenvalue weighted by molar-refractivity contribution is 7.99. The number of aromatic carboxylic acids is 1. The van der Waals surface area contributed by atoms with Crippen LogP contribution in [0.1, 0.15) is 41.5 Å². The van der Waals surface area contributed by atoms with E-state index in [1.165, 1.54) is 12.1 Å². The second-order valence-corrected chi connectivity index (χ2v) is 5.93. The second kappa shape index (κ2) is 6.22. The molecule has 0 aliphatic heterocycles. The fourth-order valence-electron chi connectivity index (χ4n) is 1.72. The van der Waals surface area contributed by atoms with Gasteiger partial charge in [0.2, 0.25) is 0 Å². The summed E-state index contributed by atoms with van der Waals surface area (Å²) in [6.45, 7) is 5.88. The van der Waals surface area contributed by atoms with Crippen molar-refractivity contribution in [3.8, 4) is 0 Å². The summed E-state index contributed by atoms with van der Waals surface area (Å²) in [5.74, 6) is -1.34. The molecular weight excluding hydrogens is 291 g/mol. The van der Waals surface area contributed by atoms with Gasteiger partial charge >= 0.3 is 5.97 Å².